The molecule has 3 rings (SSSR count). The lowest BCUT2D eigenvalue weighted by Gasteiger charge is -2.15. The number of rotatable bonds is 11. The van der Waals surface area contributed by atoms with Crippen LogP contribution in [0.25, 0.3) is 5.57 Å². The van der Waals surface area contributed by atoms with E-state index < -0.39 is 0 Å². The summed E-state index contributed by atoms with van der Waals surface area (Å²) in [5.41, 5.74) is 1.68. The molecule has 1 heterocycles. The zero-order valence-electron chi connectivity index (χ0n) is 18.4. The van der Waals surface area contributed by atoms with Crippen LogP contribution in [0.15, 0.2) is 64.4 Å². The second-order valence-corrected chi connectivity index (χ2v) is 8.54. The van der Waals surface area contributed by atoms with Gasteiger partial charge in [-0.3, -0.25) is 19.3 Å². The third-order valence-electron chi connectivity index (χ3n) is 4.90. The molecule has 1 aliphatic rings. The van der Waals surface area contributed by atoms with E-state index in [1.54, 1.807) is 24.3 Å². The van der Waals surface area contributed by atoms with E-state index in [2.05, 4.69) is 12.2 Å². The smallest absolute Gasteiger partial charge is 0.268 e. The Hall–Kier alpha value is -2.90. The number of carbonyl (C=O) groups is 3. The van der Waals surface area contributed by atoms with Gasteiger partial charge in [0.25, 0.3) is 11.8 Å². The summed E-state index contributed by atoms with van der Waals surface area (Å²) in [5, 5.41) is 2.71. The number of ether oxygens (including phenoxy) is 1. The maximum absolute atomic E-state index is 13.3. The Balaban J connectivity index is 1.82. The molecule has 7 heteroatoms. The lowest BCUT2D eigenvalue weighted by molar-refractivity contribution is -0.136. The maximum Gasteiger partial charge on any atom is 0.268 e. The van der Waals surface area contributed by atoms with Crippen LogP contribution in [0.4, 0.5) is 5.69 Å². The number of carbonyl (C=O) groups excluding carboxylic acids is 3. The molecule has 3 amide bonds. The molecule has 6 nitrogen and oxygen atoms in total. The molecule has 0 saturated heterocycles. The van der Waals surface area contributed by atoms with Gasteiger partial charge in [0.1, 0.15) is 0 Å². The molecule has 0 radical (unpaired) electrons. The SMILES string of the molecule is CCCCOCCCN1C(=O)C(Sc2ccccc2)=C(c2ccc(NC(C)=O)cc2)C1=O. The van der Waals surface area contributed by atoms with Crippen molar-refractivity contribution in [1.82, 2.24) is 4.90 Å². The molecule has 1 aliphatic heterocycles. The average molecular weight is 453 g/mol. The van der Waals surface area contributed by atoms with Gasteiger partial charge in [-0.15, -0.1) is 0 Å². The van der Waals surface area contributed by atoms with Gasteiger partial charge in [-0.2, -0.15) is 0 Å². The number of imide groups is 1. The van der Waals surface area contributed by atoms with E-state index in [9.17, 15) is 14.4 Å². The van der Waals surface area contributed by atoms with Gasteiger partial charge >= 0.3 is 0 Å². The fourth-order valence-corrected chi connectivity index (χ4v) is 4.34. The van der Waals surface area contributed by atoms with Crippen LogP contribution in [0.2, 0.25) is 0 Å². The first-order chi connectivity index (χ1) is 15.5. The monoisotopic (exact) mass is 452 g/mol. The summed E-state index contributed by atoms with van der Waals surface area (Å²) in [5.74, 6) is -0.746. The number of hydrogen-bond donors (Lipinski definition) is 1. The molecule has 0 aliphatic carbocycles. The normalized spacial score (nSPS) is 13.8. The van der Waals surface area contributed by atoms with Gasteiger partial charge in [-0.25, -0.2) is 0 Å². The van der Waals surface area contributed by atoms with Crippen LogP contribution in [0.1, 0.15) is 38.7 Å². The Bertz CT molecular complexity index is 987. The van der Waals surface area contributed by atoms with Crippen molar-refractivity contribution in [3.63, 3.8) is 0 Å². The van der Waals surface area contributed by atoms with E-state index >= 15 is 0 Å². The Morgan fingerprint density at radius 2 is 1.66 bits per heavy atom. The van der Waals surface area contributed by atoms with Crippen molar-refractivity contribution in [2.24, 2.45) is 0 Å². The van der Waals surface area contributed by atoms with Crippen molar-refractivity contribution < 1.29 is 19.1 Å². The van der Waals surface area contributed by atoms with Crippen molar-refractivity contribution in [3.8, 4) is 0 Å². The van der Waals surface area contributed by atoms with Crippen LogP contribution < -0.4 is 5.32 Å². The molecule has 0 spiro atoms. The maximum atomic E-state index is 13.3. The molecule has 0 atom stereocenters. The van der Waals surface area contributed by atoms with Gasteiger partial charge in [-0.05, 0) is 42.7 Å². The van der Waals surface area contributed by atoms with Gasteiger partial charge in [0.05, 0.1) is 10.5 Å². The van der Waals surface area contributed by atoms with E-state index in [4.69, 9.17) is 4.74 Å². The highest BCUT2D eigenvalue weighted by Crippen LogP contribution is 2.39. The number of hydrogen-bond acceptors (Lipinski definition) is 5. The lowest BCUT2D eigenvalue weighted by atomic mass is 10.1. The summed E-state index contributed by atoms with van der Waals surface area (Å²) < 4.78 is 5.58. The highest BCUT2D eigenvalue weighted by atomic mass is 32.2. The zero-order chi connectivity index (χ0) is 22.9. The van der Waals surface area contributed by atoms with Crippen molar-refractivity contribution in [2.75, 3.05) is 25.1 Å². The summed E-state index contributed by atoms with van der Waals surface area (Å²) in [4.78, 5) is 40.4. The molecular weight excluding hydrogens is 424 g/mol. The summed E-state index contributed by atoms with van der Waals surface area (Å²) in [6, 6.07) is 16.5. The topological polar surface area (TPSA) is 75.7 Å². The van der Waals surface area contributed by atoms with E-state index in [1.165, 1.54) is 23.6 Å². The van der Waals surface area contributed by atoms with Crippen LogP contribution in [-0.2, 0) is 19.1 Å². The quantitative estimate of drug-likeness (QED) is 0.394. The van der Waals surface area contributed by atoms with Crippen molar-refractivity contribution in [3.05, 3.63) is 65.1 Å². The molecular formula is C25H28N2O4S. The average Bonchev–Trinajstić information content (AvgIpc) is 3.01. The third kappa shape index (κ3) is 6.08. The zero-order valence-corrected chi connectivity index (χ0v) is 19.2. The van der Waals surface area contributed by atoms with Crippen LogP contribution in [0.5, 0.6) is 0 Å². The largest absolute Gasteiger partial charge is 0.381 e. The second kappa shape index (κ2) is 11.6. The van der Waals surface area contributed by atoms with Crippen molar-refractivity contribution >= 4 is 40.7 Å². The van der Waals surface area contributed by atoms with Gasteiger partial charge < -0.3 is 10.1 Å². The molecule has 2 aromatic rings. The molecule has 0 aromatic heterocycles. The number of unbranched alkanes of at least 4 members (excludes halogenated alkanes) is 1. The predicted octanol–water partition coefficient (Wildman–Crippen LogP) is 4.72. The molecule has 32 heavy (non-hydrogen) atoms. The standard InChI is InChI=1S/C25H28N2O4S/c1-3-4-16-31-17-8-15-27-24(29)22(19-11-13-20(14-12-19)26-18(2)28)23(25(27)30)32-21-9-6-5-7-10-21/h5-7,9-14H,3-4,8,15-17H2,1-2H3,(H,26,28). The predicted molar refractivity (Wildman–Crippen MR) is 127 cm³/mol. The van der Waals surface area contributed by atoms with E-state index in [0.717, 1.165) is 17.7 Å². The summed E-state index contributed by atoms with van der Waals surface area (Å²) in [7, 11) is 0. The molecule has 0 bridgehead atoms. The fraction of sp³-hybridized carbons (Fsp3) is 0.320. The van der Waals surface area contributed by atoms with Gasteiger partial charge in [-0.1, -0.05) is 55.4 Å². The number of thioether (sulfide) groups is 1. The Morgan fingerprint density at radius 3 is 2.31 bits per heavy atom. The van der Waals surface area contributed by atoms with Crippen molar-refractivity contribution in [1.29, 1.82) is 0 Å². The second-order valence-electron chi connectivity index (χ2n) is 7.46. The van der Waals surface area contributed by atoms with Crippen LogP contribution in [-0.4, -0.2) is 42.4 Å². The minimum Gasteiger partial charge on any atom is -0.381 e. The van der Waals surface area contributed by atoms with Gasteiger partial charge in [0.2, 0.25) is 5.91 Å². The van der Waals surface area contributed by atoms with E-state index in [1.807, 2.05) is 30.3 Å². The summed E-state index contributed by atoms with van der Waals surface area (Å²) in [6.07, 6.45) is 2.66. The minimum absolute atomic E-state index is 0.170. The molecule has 2 aromatic carbocycles. The number of nitrogens with zero attached hydrogens (tertiary/aromatic N) is 1. The Morgan fingerprint density at radius 1 is 0.969 bits per heavy atom. The lowest BCUT2D eigenvalue weighted by Crippen LogP contribution is -2.33. The number of nitrogens with one attached hydrogen (secondary N) is 1. The van der Waals surface area contributed by atoms with E-state index in [0.29, 0.717) is 47.9 Å². The molecule has 0 unspecified atom stereocenters. The molecule has 0 saturated carbocycles. The Kier molecular flexibility index (Phi) is 8.64. The third-order valence-corrected chi connectivity index (χ3v) is 5.99. The molecule has 168 valence electrons. The molecule has 1 N–H and O–H groups in total. The van der Waals surface area contributed by atoms with Gasteiger partial charge in [0, 0.05) is 37.3 Å². The number of anilines is 1. The van der Waals surface area contributed by atoms with Crippen LogP contribution >= 0.6 is 11.8 Å². The summed E-state index contributed by atoms with van der Waals surface area (Å²) >= 11 is 1.30. The number of benzene rings is 2. The van der Waals surface area contributed by atoms with Crippen LogP contribution in [0.3, 0.4) is 0 Å². The van der Waals surface area contributed by atoms with Crippen LogP contribution in [0, 0.1) is 0 Å². The number of amides is 3. The Labute approximate surface area is 193 Å². The highest BCUT2D eigenvalue weighted by molar-refractivity contribution is 8.04. The first-order valence-corrected chi connectivity index (χ1v) is 11.6. The van der Waals surface area contributed by atoms with Gasteiger partial charge in [0.15, 0.2) is 0 Å². The highest BCUT2D eigenvalue weighted by Gasteiger charge is 2.39. The molecule has 0 fully saturated rings. The van der Waals surface area contributed by atoms with Crippen molar-refractivity contribution in [2.45, 2.75) is 38.0 Å². The summed E-state index contributed by atoms with van der Waals surface area (Å²) in [6.45, 7) is 5.06. The minimum atomic E-state index is -0.297. The van der Waals surface area contributed by atoms with E-state index in [-0.39, 0.29) is 17.7 Å². The fourth-order valence-electron chi connectivity index (χ4n) is 3.31. The first kappa shape index (κ1) is 23.8. The first-order valence-electron chi connectivity index (χ1n) is 10.8.